The molecule has 0 amide bonds. The van der Waals surface area contributed by atoms with Gasteiger partial charge in [0, 0.05) is 12.5 Å². The van der Waals surface area contributed by atoms with Crippen LogP contribution in [0.3, 0.4) is 0 Å². The second-order valence-corrected chi connectivity index (χ2v) is 4.32. The third kappa shape index (κ3) is 2.21. The fourth-order valence-corrected chi connectivity index (χ4v) is 2.44. The Morgan fingerprint density at radius 1 is 1.38 bits per heavy atom. The second-order valence-electron chi connectivity index (χ2n) is 4.32. The van der Waals surface area contributed by atoms with Crippen LogP contribution in [-0.4, -0.2) is 23.7 Å². The van der Waals surface area contributed by atoms with Crippen molar-refractivity contribution in [2.75, 3.05) is 6.54 Å². The summed E-state index contributed by atoms with van der Waals surface area (Å²) in [4.78, 5) is 10.6. The number of rotatable bonds is 3. The summed E-state index contributed by atoms with van der Waals surface area (Å²) in [5, 5.41) is 12.2. The lowest BCUT2D eigenvalue weighted by Gasteiger charge is -2.31. The van der Waals surface area contributed by atoms with Gasteiger partial charge in [0.05, 0.1) is 0 Å². The first-order valence-corrected chi connectivity index (χ1v) is 5.22. The lowest BCUT2D eigenvalue weighted by molar-refractivity contribution is -0.138. The topological polar surface area (TPSA) is 49.3 Å². The first kappa shape index (κ1) is 9.00. The Balaban J connectivity index is 1.91. The van der Waals surface area contributed by atoms with Crippen molar-refractivity contribution < 1.29 is 9.90 Å². The molecule has 74 valence electrons. The van der Waals surface area contributed by atoms with Crippen LogP contribution in [0.1, 0.15) is 32.1 Å². The molecule has 3 heteroatoms. The molecule has 2 N–H and O–H groups in total. The Morgan fingerprint density at radius 2 is 2.15 bits per heavy atom. The second kappa shape index (κ2) is 3.66. The first-order chi connectivity index (χ1) is 6.27. The zero-order valence-corrected chi connectivity index (χ0v) is 7.83. The Hall–Kier alpha value is -0.570. The molecule has 1 heterocycles. The highest BCUT2D eigenvalue weighted by atomic mass is 16.4. The van der Waals surface area contributed by atoms with Gasteiger partial charge in [-0.05, 0) is 44.1 Å². The molecule has 1 saturated carbocycles. The minimum Gasteiger partial charge on any atom is -0.481 e. The van der Waals surface area contributed by atoms with Crippen molar-refractivity contribution in [1.29, 1.82) is 0 Å². The average Bonchev–Trinajstić information content (AvgIpc) is 2.87. The van der Waals surface area contributed by atoms with Crippen molar-refractivity contribution in [3.05, 3.63) is 0 Å². The highest BCUT2D eigenvalue weighted by Gasteiger charge is 2.38. The summed E-state index contributed by atoms with van der Waals surface area (Å²) in [5.41, 5.74) is 0. The number of carbonyl (C=O) groups is 1. The molecular weight excluding hydrogens is 166 g/mol. The maximum atomic E-state index is 10.6. The first-order valence-electron chi connectivity index (χ1n) is 5.22. The van der Waals surface area contributed by atoms with E-state index in [9.17, 15) is 4.79 Å². The molecule has 0 spiro atoms. The van der Waals surface area contributed by atoms with E-state index >= 15 is 0 Å². The van der Waals surface area contributed by atoms with E-state index in [0.717, 1.165) is 25.3 Å². The summed E-state index contributed by atoms with van der Waals surface area (Å²) < 4.78 is 0. The molecule has 0 bridgehead atoms. The molecule has 0 radical (unpaired) electrons. The Kier molecular flexibility index (Phi) is 2.54. The maximum Gasteiger partial charge on any atom is 0.303 e. The van der Waals surface area contributed by atoms with E-state index in [0.29, 0.717) is 18.4 Å². The van der Waals surface area contributed by atoms with Crippen LogP contribution in [0.5, 0.6) is 0 Å². The Labute approximate surface area is 78.5 Å². The zero-order valence-electron chi connectivity index (χ0n) is 7.83. The van der Waals surface area contributed by atoms with Crippen molar-refractivity contribution in [3.8, 4) is 0 Å². The molecule has 2 aliphatic rings. The van der Waals surface area contributed by atoms with E-state index < -0.39 is 5.97 Å². The van der Waals surface area contributed by atoms with Gasteiger partial charge in [0.2, 0.25) is 0 Å². The van der Waals surface area contributed by atoms with Gasteiger partial charge in [-0.15, -0.1) is 0 Å². The molecule has 1 saturated heterocycles. The van der Waals surface area contributed by atoms with Crippen molar-refractivity contribution in [1.82, 2.24) is 5.32 Å². The number of aliphatic carboxylic acids is 1. The third-order valence-electron chi connectivity index (χ3n) is 3.21. The number of nitrogens with one attached hydrogen (secondary N) is 1. The summed E-state index contributed by atoms with van der Waals surface area (Å²) in [6.07, 6.45) is 5.19. The van der Waals surface area contributed by atoms with Crippen LogP contribution in [0.15, 0.2) is 0 Å². The van der Waals surface area contributed by atoms with E-state index in [2.05, 4.69) is 5.32 Å². The van der Waals surface area contributed by atoms with Crippen LogP contribution in [0.25, 0.3) is 0 Å². The summed E-state index contributed by atoms with van der Waals surface area (Å²) in [7, 11) is 0. The van der Waals surface area contributed by atoms with Gasteiger partial charge < -0.3 is 10.4 Å². The third-order valence-corrected chi connectivity index (χ3v) is 3.21. The predicted octanol–water partition coefficient (Wildman–Crippen LogP) is 1.24. The van der Waals surface area contributed by atoms with Crippen molar-refractivity contribution in [3.63, 3.8) is 0 Å². The number of hydrogen-bond donors (Lipinski definition) is 2. The van der Waals surface area contributed by atoms with Gasteiger partial charge in [-0.25, -0.2) is 0 Å². The van der Waals surface area contributed by atoms with Gasteiger partial charge in [-0.1, -0.05) is 0 Å². The van der Waals surface area contributed by atoms with Crippen molar-refractivity contribution in [2.24, 2.45) is 11.8 Å². The van der Waals surface area contributed by atoms with E-state index in [-0.39, 0.29) is 0 Å². The predicted molar refractivity (Wildman–Crippen MR) is 49.5 cm³/mol. The molecule has 0 aromatic rings. The summed E-state index contributed by atoms with van der Waals surface area (Å²) in [5.74, 6) is 0.530. The molecule has 0 unspecified atom stereocenters. The van der Waals surface area contributed by atoms with Gasteiger partial charge in [0.15, 0.2) is 0 Å². The minimum atomic E-state index is -0.639. The van der Waals surface area contributed by atoms with Gasteiger partial charge >= 0.3 is 5.97 Å². The summed E-state index contributed by atoms with van der Waals surface area (Å²) in [6, 6.07) is 0.504. The van der Waals surface area contributed by atoms with Crippen LogP contribution in [0.4, 0.5) is 0 Å². The highest BCUT2D eigenvalue weighted by Crippen LogP contribution is 2.39. The normalized spacial score (nSPS) is 34.5. The Morgan fingerprint density at radius 3 is 2.77 bits per heavy atom. The van der Waals surface area contributed by atoms with Crippen LogP contribution >= 0.6 is 0 Å². The zero-order chi connectivity index (χ0) is 9.26. The SMILES string of the molecule is O=C(O)C[C@H]1CCCN[C@@H]1C1CC1. The van der Waals surface area contributed by atoms with Gasteiger partial charge in [0.25, 0.3) is 0 Å². The van der Waals surface area contributed by atoms with Crippen LogP contribution < -0.4 is 5.32 Å². The lowest BCUT2D eigenvalue weighted by atomic mass is 9.85. The van der Waals surface area contributed by atoms with Crippen molar-refractivity contribution >= 4 is 5.97 Å². The van der Waals surface area contributed by atoms with E-state index in [1.807, 2.05) is 0 Å². The summed E-state index contributed by atoms with van der Waals surface area (Å²) in [6.45, 7) is 1.08. The largest absolute Gasteiger partial charge is 0.481 e. The number of carboxylic acid groups (broad SMARTS) is 1. The van der Waals surface area contributed by atoms with E-state index in [1.165, 1.54) is 12.8 Å². The minimum absolute atomic E-state index is 0.355. The molecule has 2 fully saturated rings. The van der Waals surface area contributed by atoms with Crippen molar-refractivity contribution in [2.45, 2.75) is 38.1 Å². The number of carboxylic acids is 1. The monoisotopic (exact) mass is 183 g/mol. The molecule has 2 atom stereocenters. The lowest BCUT2D eigenvalue weighted by Crippen LogP contribution is -2.43. The standard InChI is InChI=1S/C10H17NO2/c12-9(13)6-8-2-1-5-11-10(8)7-3-4-7/h7-8,10-11H,1-6H2,(H,12,13)/t8-,10-/m1/s1. The van der Waals surface area contributed by atoms with Crippen LogP contribution in [0.2, 0.25) is 0 Å². The van der Waals surface area contributed by atoms with E-state index in [1.54, 1.807) is 0 Å². The fraction of sp³-hybridized carbons (Fsp3) is 0.900. The van der Waals surface area contributed by atoms with Gasteiger partial charge in [-0.3, -0.25) is 4.79 Å². The molecule has 13 heavy (non-hydrogen) atoms. The smallest absolute Gasteiger partial charge is 0.303 e. The van der Waals surface area contributed by atoms with Gasteiger partial charge in [-0.2, -0.15) is 0 Å². The molecule has 1 aliphatic carbocycles. The molecular formula is C10H17NO2. The number of piperidine rings is 1. The molecule has 2 rings (SSSR count). The quantitative estimate of drug-likeness (QED) is 0.692. The maximum absolute atomic E-state index is 10.6. The molecule has 3 nitrogen and oxygen atoms in total. The Bertz CT molecular complexity index is 201. The molecule has 0 aromatic carbocycles. The fourth-order valence-electron chi connectivity index (χ4n) is 2.44. The molecule has 0 aromatic heterocycles. The van der Waals surface area contributed by atoms with Crippen LogP contribution in [-0.2, 0) is 4.79 Å². The molecule has 1 aliphatic heterocycles. The van der Waals surface area contributed by atoms with Crippen LogP contribution in [0, 0.1) is 11.8 Å². The van der Waals surface area contributed by atoms with E-state index in [4.69, 9.17) is 5.11 Å². The summed E-state index contributed by atoms with van der Waals surface area (Å²) >= 11 is 0. The highest BCUT2D eigenvalue weighted by molar-refractivity contribution is 5.67. The average molecular weight is 183 g/mol. The van der Waals surface area contributed by atoms with Gasteiger partial charge in [0.1, 0.15) is 0 Å². The number of hydrogen-bond acceptors (Lipinski definition) is 2.